The van der Waals surface area contributed by atoms with Crippen molar-refractivity contribution in [2.45, 2.75) is 37.8 Å². The Morgan fingerprint density at radius 1 is 1.53 bits per heavy atom. The molecule has 84 valence electrons. The van der Waals surface area contributed by atoms with Crippen LogP contribution >= 0.6 is 22.9 Å². The van der Waals surface area contributed by atoms with Gasteiger partial charge in [-0.2, -0.15) is 0 Å². The summed E-state index contributed by atoms with van der Waals surface area (Å²) in [6, 6.07) is 3.84. The lowest BCUT2D eigenvalue weighted by molar-refractivity contribution is -0.0814. The van der Waals surface area contributed by atoms with Gasteiger partial charge in [-0.1, -0.05) is 11.6 Å². The monoisotopic (exact) mass is 245 g/mol. The maximum absolute atomic E-state index is 6.24. The minimum atomic E-state index is -0.216. The Labute approximate surface area is 99.4 Å². The molecule has 1 aliphatic heterocycles. The molecule has 1 aromatic rings. The van der Waals surface area contributed by atoms with E-state index in [9.17, 15) is 0 Å². The normalized spacial score (nSPS) is 29.0. The first-order valence-electron chi connectivity index (χ1n) is 5.26. The summed E-state index contributed by atoms with van der Waals surface area (Å²) in [5.41, 5.74) is 6.03. The van der Waals surface area contributed by atoms with Gasteiger partial charge in [0.15, 0.2) is 0 Å². The third kappa shape index (κ3) is 2.36. The van der Waals surface area contributed by atoms with Crippen LogP contribution in [0.1, 0.15) is 37.1 Å². The number of hydrogen-bond acceptors (Lipinski definition) is 3. The number of hydrogen-bond donors (Lipinski definition) is 1. The van der Waals surface area contributed by atoms with E-state index in [-0.39, 0.29) is 11.6 Å². The number of ether oxygens (including phenoxy) is 1. The number of halogens is 1. The van der Waals surface area contributed by atoms with Gasteiger partial charge < -0.3 is 10.5 Å². The minimum Gasteiger partial charge on any atom is -0.373 e. The van der Waals surface area contributed by atoms with Crippen LogP contribution in [0.3, 0.4) is 0 Å². The van der Waals surface area contributed by atoms with E-state index in [2.05, 4.69) is 6.92 Å². The van der Waals surface area contributed by atoms with Crippen molar-refractivity contribution in [1.29, 1.82) is 0 Å². The Balaban J connectivity index is 2.15. The van der Waals surface area contributed by atoms with Crippen molar-refractivity contribution in [1.82, 2.24) is 0 Å². The van der Waals surface area contributed by atoms with E-state index in [0.29, 0.717) is 0 Å². The predicted octanol–water partition coefficient (Wildman–Crippen LogP) is 3.36. The lowest BCUT2D eigenvalue weighted by Crippen LogP contribution is -2.43. The molecule has 1 aromatic heterocycles. The second-order valence-corrected chi connectivity index (χ2v) is 5.98. The van der Waals surface area contributed by atoms with Crippen molar-refractivity contribution in [3.63, 3.8) is 0 Å². The summed E-state index contributed by atoms with van der Waals surface area (Å²) in [5, 5.41) is 0. The largest absolute Gasteiger partial charge is 0.373 e. The molecule has 2 N–H and O–H groups in total. The Hall–Kier alpha value is -0.0900. The van der Waals surface area contributed by atoms with Crippen LogP contribution in [0.25, 0.3) is 0 Å². The molecule has 1 aliphatic rings. The lowest BCUT2D eigenvalue weighted by atomic mass is 9.88. The van der Waals surface area contributed by atoms with E-state index in [1.165, 1.54) is 6.42 Å². The second kappa shape index (κ2) is 4.42. The standard InChI is InChI=1S/C11H16ClNOS/c1-11(6-2-3-7-14-11)10(13)8-4-5-9(12)15-8/h4-5,10H,2-3,6-7,13H2,1H3. The minimum absolute atomic E-state index is 0.0599. The molecular formula is C11H16ClNOS. The van der Waals surface area contributed by atoms with E-state index in [4.69, 9.17) is 22.1 Å². The maximum atomic E-state index is 6.24. The summed E-state index contributed by atoms with van der Waals surface area (Å²) >= 11 is 7.46. The Kier molecular flexibility index (Phi) is 3.36. The molecule has 2 rings (SSSR count). The van der Waals surface area contributed by atoms with Crippen LogP contribution in [-0.2, 0) is 4.74 Å². The molecule has 0 spiro atoms. The van der Waals surface area contributed by atoms with Crippen molar-refractivity contribution < 1.29 is 4.74 Å². The molecule has 0 radical (unpaired) electrons. The van der Waals surface area contributed by atoms with Crippen LogP contribution < -0.4 is 5.73 Å². The van der Waals surface area contributed by atoms with Crippen LogP contribution in [0, 0.1) is 0 Å². The molecule has 0 amide bonds. The third-order valence-corrected chi connectivity index (χ3v) is 4.37. The highest BCUT2D eigenvalue weighted by atomic mass is 35.5. The van der Waals surface area contributed by atoms with Gasteiger partial charge in [-0.3, -0.25) is 0 Å². The Morgan fingerprint density at radius 2 is 2.33 bits per heavy atom. The summed E-state index contributed by atoms with van der Waals surface area (Å²) in [5.74, 6) is 0. The molecule has 0 bridgehead atoms. The fourth-order valence-corrected chi connectivity index (χ4v) is 3.20. The first kappa shape index (κ1) is 11.4. The SMILES string of the molecule is CC1(C(N)c2ccc(Cl)s2)CCCCO1. The number of thiophene rings is 1. The summed E-state index contributed by atoms with van der Waals surface area (Å²) in [6.07, 6.45) is 3.38. The van der Waals surface area contributed by atoms with Gasteiger partial charge in [0.2, 0.25) is 0 Å². The molecule has 15 heavy (non-hydrogen) atoms. The summed E-state index contributed by atoms with van der Waals surface area (Å²) in [6.45, 7) is 2.92. The summed E-state index contributed by atoms with van der Waals surface area (Å²) < 4.78 is 6.62. The van der Waals surface area contributed by atoms with Crippen LogP contribution in [0.5, 0.6) is 0 Å². The van der Waals surface area contributed by atoms with Crippen molar-refractivity contribution in [2.75, 3.05) is 6.61 Å². The molecule has 2 unspecified atom stereocenters. The fraction of sp³-hybridized carbons (Fsp3) is 0.636. The van der Waals surface area contributed by atoms with E-state index >= 15 is 0 Å². The van der Waals surface area contributed by atoms with Crippen molar-refractivity contribution in [3.05, 3.63) is 21.3 Å². The van der Waals surface area contributed by atoms with E-state index < -0.39 is 0 Å². The molecule has 0 aromatic carbocycles. The first-order valence-corrected chi connectivity index (χ1v) is 6.46. The van der Waals surface area contributed by atoms with Gasteiger partial charge in [-0.05, 0) is 38.3 Å². The zero-order valence-electron chi connectivity index (χ0n) is 8.83. The summed E-state index contributed by atoms with van der Waals surface area (Å²) in [7, 11) is 0. The zero-order valence-corrected chi connectivity index (χ0v) is 10.4. The quantitative estimate of drug-likeness (QED) is 0.867. The molecular weight excluding hydrogens is 230 g/mol. The first-order chi connectivity index (χ1) is 7.12. The highest BCUT2D eigenvalue weighted by molar-refractivity contribution is 7.16. The highest BCUT2D eigenvalue weighted by Gasteiger charge is 2.36. The van der Waals surface area contributed by atoms with Crippen molar-refractivity contribution in [2.24, 2.45) is 5.73 Å². The zero-order chi connectivity index (χ0) is 10.9. The van der Waals surface area contributed by atoms with Gasteiger partial charge >= 0.3 is 0 Å². The van der Waals surface area contributed by atoms with E-state index in [1.807, 2.05) is 12.1 Å². The van der Waals surface area contributed by atoms with Gasteiger partial charge in [0.1, 0.15) is 0 Å². The number of rotatable bonds is 2. The van der Waals surface area contributed by atoms with Crippen molar-refractivity contribution >= 4 is 22.9 Å². The van der Waals surface area contributed by atoms with Gasteiger partial charge in [0.05, 0.1) is 16.0 Å². The average Bonchev–Trinajstić information content (AvgIpc) is 2.65. The van der Waals surface area contributed by atoms with Crippen LogP contribution in [-0.4, -0.2) is 12.2 Å². The molecule has 2 heterocycles. The molecule has 1 fully saturated rings. The fourth-order valence-electron chi connectivity index (χ4n) is 2.00. The molecule has 1 saturated heterocycles. The molecule has 4 heteroatoms. The Morgan fingerprint density at radius 3 is 2.87 bits per heavy atom. The topological polar surface area (TPSA) is 35.2 Å². The van der Waals surface area contributed by atoms with Crippen LogP contribution in [0.4, 0.5) is 0 Å². The van der Waals surface area contributed by atoms with Gasteiger partial charge in [-0.25, -0.2) is 0 Å². The third-order valence-electron chi connectivity index (χ3n) is 3.06. The molecule has 0 saturated carbocycles. The van der Waals surface area contributed by atoms with Crippen LogP contribution in [0.2, 0.25) is 4.34 Å². The van der Waals surface area contributed by atoms with E-state index in [0.717, 1.165) is 28.7 Å². The molecule has 2 atom stereocenters. The second-order valence-electron chi connectivity index (χ2n) is 4.24. The van der Waals surface area contributed by atoms with E-state index in [1.54, 1.807) is 11.3 Å². The van der Waals surface area contributed by atoms with Crippen molar-refractivity contribution in [3.8, 4) is 0 Å². The maximum Gasteiger partial charge on any atom is 0.0931 e. The van der Waals surface area contributed by atoms with Gasteiger partial charge in [-0.15, -0.1) is 11.3 Å². The molecule has 2 nitrogen and oxygen atoms in total. The van der Waals surface area contributed by atoms with Gasteiger partial charge in [0.25, 0.3) is 0 Å². The molecule has 0 aliphatic carbocycles. The lowest BCUT2D eigenvalue weighted by Gasteiger charge is -2.38. The predicted molar refractivity (Wildman–Crippen MR) is 64.5 cm³/mol. The summed E-state index contributed by atoms with van der Waals surface area (Å²) in [4.78, 5) is 1.12. The number of nitrogens with two attached hydrogens (primary N) is 1. The van der Waals surface area contributed by atoms with Gasteiger partial charge in [0, 0.05) is 11.5 Å². The Bertz CT molecular complexity index is 333. The average molecular weight is 246 g/mol. The van der Waals surface area contributed by atoms with Crippen LogP contribution in [0.15, 0.2) is 12.1 Å². The smallest absolute Gasteiger partial charge is 0.0931 e. The highest BCUT2D eigenvalue weighted by Crippen LogP contribution is 2.38.